The Labute approximate surface area is 149 Å². The van der Waals surface area contributed by atoms with Crippen LogP contribution in [0, 0.1) is 0 Å². The number of aliphatic carboxylic acids is 1. The number of imidazole rings is 1. The molecular formula is C16H24N4O4S. The molecule has 0 radical (unpaired) electrons. The van der Waals surface area contributed by atoms with Gasteiger partial charge in [0.25, 0.3) is 5.56 Å². The minimum atomic E-state index is -0.917. The Morgan fingerprint density at radius 2 is 2.00 bits per heavy atom. The predicted molar refractivity (Wildman–Crippen MR) is 97.3 cm³/mol. The summed E-state index contributed by atoms with van der Waals surface area (Å²) in [6.07, 6.45) is 4.50. The average Bonchev–Trinajstić information content (AvgIpc) is 2.93. The number of H-pyrrole nitrogens is 1. The smallest absolute Gasteiger partial charge is 0.329 e. The van der Waals surface area contributed by atoms with Crippen LogP contribution in [0.3, 0.4) is 0 Å². The molecule has 2 aromatic heterocycles. The first-order valence-electron chi connectivity index (χ1n) is 8.49. The summed E-state index contributed by atoms with van der Waals surface area (Å²) in [5, 5.41) is 9.13. The van der Waals surface area contributed by atoms with Crippen molar-refractivity contribution in [2.75, 3.05) is 0 Å². The van der Waals surface area contributed by atoms with Gasteiger partial charge < -0.3 is 9.67 Å². The largest absolute Gasteiger partial charge is 0.480 e. The Hall–Kier alpha value is -2.03. The number of nitrogens with zero attached hydrogens (tertiary/aromatic N) is 3. The van der Waals surface area contributed by atoms with Gasteiger partial charge in [0.2, 0.25) is 0 Å². The molecule has 0 amide bonds. The monoisotopic (exact) mass is 368 g/mol. The first kappa shape index (κ1) is 19.3. The van der Waals surface area contributed by atoms with Crippen molar-refractivity contribution in [2.24, 2.45) is 7.05 Å². The zero-order valence-corrected chi connectivity index (χ0v) is 15.6. The van der Waals surface area contributed by atoms with Crippen molar-refractivity contribution in [3.63, 3.8) is 0 Å². The van der Waals surface area contributed by atoms with E-state index in [0.717, 1.165) is 37.4 Å². The van der Waals surface area contributed by atoms with Crippen LogP contribution in [0.5, 0.6) is 0 Å². The van der Waals surface area contributed by atoms with Crippen LogP contribution in [0.15, 0.2) is 14.7 Å². The lowest BCUT2D eigenvalue weighted by molar-refractivity contribution is -0.136. The third-order valence-electron chi connectivity index (χ3n) is 4.10. The molecule has 0 aliphatic carbocycles. The fraction of sp³-hybridized carbons (Fsp3) is 0.625. The van der Waals surface area contributed by atoms with Gasteiger partial charge in [0.1, 0.15) is 5.25 Å². The number of unbranched alkanes of at least 4 members (excludes halogenated alkanes) is 3. The molecule has 0 aliphatic rings. The highest BCUT2D eigenvalue weighted by Crippen LogP contribution is 2.27. The molecule has 0 fully saturated rings. The van der Waals surface area contributed by atoms with Gasteiger partial charge in [0, 0.05) is 13.6 Å². The number of carbonyl (C=O) groups is 1. The first-order chi connectivity index (χ1) is 11.9. The zero-order valence-electron chi connectivity index (χ0n) is 14.7. The highest BCUT2D eigenvalue weighted by Gasteiger charge is 2.23. The molecule has 0 saturated heterocycles. The molecule has 2 rings (SSSR count). The highest BCUT2D eigenvalue weighted by atomic mass is 32.2. The topological polar surface area (TPSA) is 110 Å². The lowest BCUT2D eigenvalue weighted by Crippen LogP contribution is -2.29. The van der Waals surface area contributed by atoms with E-state index in [2.05, 4.69) is 16.9 Å². The number of thioether (sulfide) groups is 1. The van der Waals surface area contributed by atoms with E-state index in [1.54, 1.807) is 11.5 Å². The standard InChI is InChI=1S/C16H24N4O4S/c1-4-6-7-8-9-20-11-12(19(3)15(24)18-13(11)21)17-16(20)25-10(5-2)14(22)23/h10H,4-9H2,1-3H3,(H,22,23)(H,18,21,24). The Balaban J connectivity index is 2.52. The quantitative estimate of drug-likeness (QED) is 0.517. The van der Waals surface area contributed by atoms with Crippen molar-refractivity contribution in [1.29, 1.82) is 0 Å². The molecule has 2 aromatic rings. The van der Waals surface area contributed by atoms with Crippen molar-refractivity contribution >= 4 is 28.9 Å². The number of carboxylic acids is 1. The van der Waals surface area contributed by atoms with Crippen LogP contribution < -0.4 is 11.2 Å². The van der Waals surface area contributed by atoms with Gasteiger partial charge in [0.15, 0.2) is 16.3 Å². The zero-order chi connectivity index (χ0) is 18.6. The number of fused-ring (bicyclic) bond motifs is 1. The number of hydrogen-bond acceptors (Lipinski definition) is 5. The SMILES string of the molecule is CCCCCCn1c(SC(CC)C(=O)O)nc2c1c(=O)[nH]c(=O)n2C. The molecule has 1 unspecified atom stereocenters. The normalized spacial score (nSPS) is 12.6. The van der Waals surface area contributed by atoms with E-state index in [-0.39, 0.29) is 5.65 Å². The third kappa shape index (κ3) is 4.15. The second kappa shape index (κ2) is 8.37. The summed E-state index contributed by atoms with van der Waals surface area (Å²) in [7, 11) is 1.54. The minimum absolute atomic E-state index is 0.284. The Morgan fingerprint density at radius 1 is 1.28 bits per heavy atom. The molecular weight excluding hydrogens is 344 g/mol. The number of nitrogens with one attached hydrogen (secondary N) is 1. The van der Waals surface area contributed by atoms with Gasteiger partial charge in [0.05, 0.1) is 0 Å². The van der Waals surface area contributed by atoms with Gasteiger partial charge in [-0.25, -0.2) is 9.78 Å². The van der Waals surface area contributed by atoms with Gasteiger partial charge in [-0.3, -0.25) is 19.1 Å². The number of aromatic amines is 1. The van der Waals surface area contributed by atoms with Crippen molar-refractivity contribution < 1.29 is 9.90 Å². The van der Waals surface area contributed by atoms with Crippen LogP contribution in [-0.4, -0.2) is 35.4 Å². The van der Waals surface area contributed by atoms with Gasteiger partial charge in [-0.2, -0.15) is 0 Å². The Kier molecular flexibility index (Phi) is 6.46. The first-order valence-corrected chi connectivity index (χ1v) is 9.37. The molecule has 0 spiro atoms. The summed E-state index contributed by atoms with van der Waals surface area (Å²) < 4.78 is 3.03. The molecule has 138 valence electrons. The number of aromatic nitrogens is 4. The number of carboxylic acid groups (broad SMARTS) is 1. The maximum absolute atomic E-state index is 12.3. The molecule has 2 N–H and O–H groups in total. The van der Waals surface area contributed by atoms with Crippen molar-refractivity contribution in [3.8, 4) is 0 Å². The van der Waals surface area contributed by atoms with E-state index in [1.165, 1.54) is 11.6 Å². The van der Waals surface area contributed by atoms with E-state index < -0.39 is 22.5 Å². The summed E-state index contributed by atoms with van der Waals surface area (Å²) in [4.78, 5) is 42.2. The second-order valence-electron chi connectivity index (χ2n) is 5.95. The number of aryl methyl sites for hydroxylation is 2. The highest BCUT2D eigenvalue weighted by molar-refractivity contribution is 8.00. The van der Waals surface area contributed by atoms with Gasteiger partial charge in [-0.05, 0) is 12.8 Å². The molecule has 25 heavy (non-hydrogen) atoms. The van der Waals surface area contributed by atoms with Crippen LogP contribution >= 0.6 is 11.8 Å². The van der Waals surface area contributed by atoms with E-state index >= 15 is 0 Å². The molecule has 9 heteroatoms. The maximum atomic E-state index is 12.3. The number of hydrogen-bond donors (Lipinski definition) is 2. The fourth-order valence-corrected chi connectivity index (χ4v) is 3.62. The van der Waals surface area contributed by atoms with Crippen molar-refractivity contribution in [1.82, 2.24) is 19.1 Å². The van der Waals surface area contributed by atoms with E-state index in [9.17, 15) is 19.5 Å². The summed E-state index contributed by atoms with van der Waals surface area (Å²) in [6, 6.07) is 0. The number of rotatable bonds is 9. The summed E-state index contributed by atoms with van der Waals surface area (Å²) >= 11 is 1.12. The summed E-state index contributed by atoms with van der Waals surface area (Å²) in [5.41, 5.74) is -0.417. The lowest BCUT2D eigenvalue weighted by Gasteiger charge is -2.11. The summed E-state index contributed by atoms with van der Waals surface area (Å²) in [5.74, 6) is -0.917. The second-order valence-corrected chi connectivity index (χ2v) is 7.12. The van der Waals surface area contributed by atoms with Gasteiger partial charge >= 0.3 is 11.7 Å². The Bertz CT molecular complexity index is 867. The maximum Gasteiger partial charge on any atom is 0.329 e. The van der Waals surface area contributed by atoms with Crippen LogP contribution in [0.4, 0.5) is 0 Å². The predicted octanol–water partition coefficient (Wildman–Crippen LogP) is 1.96. The van der Waals surface area contributed by atoms with Gasteiger partial charge in [-0.15, -0.1) is 0 Å². The fourth-order valence-electron chi connectivity index (χ4n) is 2.64. The van der Waals surface area contributed by atoms with Crippen molar-refractivity contribution in [3.05, 3.63) is 20.8 Å². The van der Waals surface area contributed by atoms with Crippen LogP contribution in [0.2, 0.25) is 0 Å². The van der Waals surface area contributed by atoms with Crippen LogP contribution in [0.1, 0.15) is 46.0 Å². The third-order valence-corrected chi connectivity index (χ3v) is 5.44. The lowest BCUT2D eigenvalue weighted by atomic mass is 10.2. The minimum Gasteiger partial charge on any atom is -0.480 e. The van der Waals surface area contributed by atoms with E-state index in [0.29, 0.717) is 23.6 Å². The average molecular weight is 368 g/mol. The van der Waals surface area contributed by atoms with Crippen molar-refractivity contribution in [2.45, 2.75) is 62.9 Å². The molecule has 0 saturated carbocycles. The van der Waals surface area contributed by atoms with Crippen LogP contribution in [0.25, 0.3) is 11.2 Å². The molecule has 8 nitrogen and oxygen atoms in total. The molecule has 2 heterocycles. The van der Waals surface area contributed by atoms with E-state index in [4.69, 9.17) is 0 Å². The van der Waals surface area contributed by atoms with E-state index in [1.807, 2.05) is 0 Å². The molecule has 0 aliphatic heterocycles. The summed E-state index contributed by atoms with van der Waals surface area (Å²) in [6.45, 7) is 4.48. The molecule has 0 aromatic carbocycles. The molecule has 0 bridgehead atoms. The van der Waals surface area contributed by atoms with Gasteiger partial charge in [-0.1, -0.05) is 44.9 Å². The molecule has 1 atom stereocenters. The Morgan fingerprint density at radius 3 is 2.60 bits per heavy atom. The van der Waals surface area contributed by atoms with Crippen LogP contribution in [-0.2, 0) is 18.4 Å².